The monoisotopic (exact) mass is 328 g/mol. The average molecular weight is 329 g/mol. The Bertz CT molecular complexity index is 471. The van der Waals surface area contributed by atoms with Crippen molar-refractivity contribution in [1.29, 1.82) is 0 Å². The van der Waals surface area contributed by atoms with E-state index in [1.807, 2.05) is 12.1 Å². The van der Waals surface area contributed by atoms with E-state index >= 15 is 0 Å². The Morgan fingerprint density at radius 3 is 2.33 bits per heavy atom. The Hall–Kier alpha value is -0.440. The molecule has 0 spiro atoms. The van der Waals surface area contributed by atoms with Crippen molar-refractivity contribution in [2.24, 2.45) is 11.3 Å². The quantitative estimate of drug-likeness (QED) is 0.753. The third-order valence-corrected chi connectivity index (χ3v) is 5.22. The Labute approximate surface area is 138 Å². The number of rotatable bonds is 2. The molecule has 1 aliphatic heterocycles. The molecule has 2 nitrogen and oxygen atoms in total. The van der Waals surface area contributed by atoms with E-state index in [9.17, 15) is 0 Å². The molecule has 0 saturated carbocycles. The summed E-state index contributed by atoms with van der Waals surface area (Å²) in [6.07, 6.45) is 3.85. The molecule has 1 heterocycles. The number of benzene rings is 1. The van der Waals surface area contributed by atoms with Crippen molar-refractivity contribution in [3.8, 4) is 0 Å². The van der Waals surface area contributed by atoms with Crippen molar-refractivity contribution < 1.29 is 0 Å². The maximum atomic E-state index is 6.12. The van der Waals surface area contributed by atoms with Gasteiger partial charge in [-0.25, -0.2) is 0 Å². The average Bonchev–Trinajstić information content (AvgIpc) is 2.61. The predicted octanol–water partition coefficient (Wildman–Crippen LogP) is 5.22. The van der Waals surface area contributed by atoms with Gasteiger partial charge in [-0.05, 0) is 61.4 Å². The minimum atomic E-state index is 0.407. The summed E-state index contributed by atoms with van der Waals surface area (Å²) < 4.78 is 0. The first-order valence-electron chi connectivity index (χ1n) is 7.73. The Kier molecular flexibility index (Phi) is 5.45. The number of nitrogen functional groups attached to an aromatic ring is 1. The molecular formula is C17H26Cl2N2. The summed E-state index contributed by atoms with van der Waals surface area (Å²) in [5.74, 6) is 0.807. The van der Waals surface area contributed by atoms with Crippen LogP contribution < -0.4 is 5.73 Å². The first-order valence-corrected chi connectivity index (χ1v) is 8.48. The van der Waals surface area contributed by atoms with Gasteiger partial charge < -0.3 is 5.73 Å². The Balaban J connectivity index is 2.01. The van der Waals surface area contributed by atoms with E-state index in [0.717, 1.165) is 31.1 Å². The smallest absolute Gasteiger partial charge is 0.0693 e. The topological polar surface area (TPSA) is 29.3 Å². The number of hydrogen-bond acceptors (Lipinski definition) is 2. The molecule has 21 heavy (non-hydrogen) atoms. The number of halogens is 2. The SMILES string of the molecule is CC(C)(C)C1CCCN(Cc2cc(Cl)c(N)c(Cl)c2)CC1. The van der Waals surface area contributed by atoms with Crippen LogP contribution in [0.3, 0.4) is 0 Å². The first kappa shape index (κ1) is 16.9. The van der Waals surface area contributed by atoms with Gasteiger partial charge in [-0.15, -0.1) is 0 Å². The van der Waals surface area contributed by atoms with Crippen LogP contribution in [0.25, 0.3) is 0 Å². The largest absolute Gasteiger partial charge is 0.396 e. The molecule has 0 amide bonds. The molecule has 1 atom stereocenters. The fourth-order valence-corrected chi connectivity index (χ4v) is 3.70. The van der Waals surface area contributed by atoms with Gasteiger partial charge in [0.2, 0.25) is 0 Å². The molecule has 1 fully saturated rings. The zero-order valence-electron chi connectivity index (χ0n) is 13.3. The normalized spacial score (nSPS) is 21.3. The van der Waals surface area contributed by atoms with Crippen LogP contribution in [0.1, 0.15) is 45.6 Å². The lowest BCUT2D eigenvalue weighted by atomic mass is 9.77. The van der Waals surface area contributed by atoms with Gasteiger partial charge in [0.25, 0.3) is 0 Å². The second-order valence-electron chi connectivity index (χ2n) is 7.24. The van der Waals surface area contributed by atoms with Crippen molar-refractivity contribution in [1.82, 2.24) is 4.90 Å². The minimum absolute atomic E-state index is 0.407. The van der Waals surface area contributed by atoms with Gasteiger partial charge >= 0.3 is 0 Å². The molecule has 1 aromatic carbocycles. The second kappa shape index (κ2) is 6.76. The second-order valence-corrected chi connectivity index (χ2v) is 8.06. The van der Waals surface area contributed by atoms with E-state index < -0.39 is 0 Å². The van der Waals surface area contributed by atoms with E-state index in [4.69, 9.17) is 28.9 Å². The highest BCUT2D eigenvalue weighted by atomic mass is 35.5. The molecule has 1 aromatic rings. The van der Waals surface area contributed by atoms with Gasteiger partial charge in [-0.3, -0.25) is 4.90 Å². The zero-order chi connectivity index (χ0) is 15.6. The number of nitrogens with zero attached hydrogens (tertiary/aromatic N) is 1. The summed E-state index contributed by atoms with van der Waals surface area (Å²) in [6.45, 7) is 10.2. The lowest BCUT2D eigenvalue weighted by molar-refractivity contribution is 0.206. The van der Waals surface area contributed by atoms with Crippen molar-refractivity contribution in [2.75, 3.05) is 18.8 Å². The van der Waals surface area contributed by atoms with Gasteiger partial charge in [0.15, 0.2) is 0 Å². The molecule has 118 valence electrons. The van der Waals surface area contributed by atoms with Gasteiger partial charge in [0, 0.05) is 6.54 Å². The summed E-state index contributed by atoms with van der Waals surface area (Å²) >= 11 is 12.2. The molecule has 0 aliphatic carbocycles. The summed E-state index contributed by atoms with van der Waals surface area (Å²) in [5, 5.41) is 1.11. The molecule has 0 aromatic heterocycles. The standard InChI is InChI=1S/C17H26Cl2N2/c1-17(2,3)13-5-4-7-21(8-6-13)11-12-9-14(18)16(20)15(19)10-12/h9-10,13H,4-8,11,20H2,1-3H3. The summed E-state index contributed by atoms with van der Waals surface area (Å²) in [5.41, 5.74) is 7.83. The maximum absolute atomic E-state index is 6.12. The summed E-state index contributed by atoms with van der Waals surface area (Å²) in [6, 6.07) is 3.88. The van der Waals surface area contributed by atoms with Gasteiger partial charge in [0.05, 0.1) is 15.7 Å². The lowest BCUT2D eigenvalue weighted by Crippen LogP contribution is -2.26. The number of nitrogens with two attached hydrogens (primary N) is 1. The third kappa shape index (κ3) is 4.51. The van der Waals surface area contributed by atoms with Crippen molar-refractivity contribution >= 4 is 28.9 Å². The minimum Gasteiger partial charge on any atom is -0.396 e. The van der Waals surface area contributed by atoms with Gasteiger partial charge in [-0.1, -0.05) is 44.0 Å². The van der Waals surface area contributed by atoms with Crippen molar-refractivity contribution in [3.05, 3.63) is 27.7 Å². The molecule has 1 unspecified atom stereocenters. The van der Waals surface area contributed by atoms with E-state index in [-0.39, 0.29) is 0 Å². The lowest BCUT2D eigenvalue weighted by Gasteiger charge is -2.29. The predicted molar refractivity (Wildman–Crippen MR) is 92.9 cm³/mol. The Morgan fingerprint density at radius 2 is 1.76 bits per heavy atom. The maximum Gasteiger partial charge on any atom is 0.0693 e. The van der Waals surface area contributed by atoms with E-state index in [1.54, 1.807) is 0 Å². The highest BCUT2D eigenvalue weighted by molar-refractivity contribution is 6.38. The van der Waals surface area contributed by atoms with Gasteiger partial charge in [0.1, 0.15) is 0 Å². The highest BCUT2D eigenvalue weighted by Crippen LogP contribution is 2.35. The molecule has 4 heteroatoms. The molecular weight excluding hydrogens is 303 g/mol. The van der Waals surface area contributed by atoms with Crippen LogP contribution in [0.4, 0.5) is 5.69 Å². The van der Waals surface area contributed by atoms with Crippen LogP contribution in [-0.2, 0) is 6.54 Å². The number of anilines is 1. The van der Waals surface area contributed by atoms with Gasteiger partial charge in [-0.2, -0.15) is 0 Å². The highest BCUT2D eigenvalue weighted by Gasteiger charge is 2.27. The Morgan fingerprint density at radius 1 is 1.14 bits per heavy atom. The van der Waals surface area contributed by atoms with Crippen LogP contribution in [0.5, 0.6) is 0 Å². The van der Waals surface area contributed by atoms with Crippen LogP contribution in [0.2, 0.25) is 10.0 Å². The molecule has 0 bridgehead atoms. The van der Waals surface area contributed by atoms with Crippen molar-refractivity contribution in [3.63, 3.8) is 0 Å². The number of hydrogen-bond donors (Lipinski definition) is 1. The first-order chi connectivity index (χ1) is 9.77. The number of likely N-dealkylation sites (tertiary alicyclic amines) is 1. The van der Waals surface area contributed by atoms with E-state index in [2.05, 4.69) is 25.7 Å². The summed E-state index contributed by atoms with van der Waals surface area (Å²) in [7, 11) is 0. The van der Waals surface area contributed by atoms with E-state index in [1.165, 1.54) is 19.3 Å². The third-order valence-electron chi connectivity index (χ3n) is 4.59. The summed E-state index contributed by atoms with van der Waals surface area (Å²) in [4.78, 5) is 2.50. The molecule has 2 N–H and O–H groups in total. The van der Waals surface area contributed by atoms with E-state index in [0.29, 0.717) is 21.1 Å². The fourth-order valence-electron chi connectivity index (χ4n) is 3.17. The fraction of sp³-hybridized carbons (Fsp3) is 0.647. The molecule has 2 rings (SSSR count). The molecule has 0 radical (unpaired) electrons. The molecule has 1 aliphatic rings. The molecule has 1 saturated heterocycles. The van der Waals surface area contributed by atoms with Crippen LogP contribution in [0.15, 0.2) is 12.1 Å². The van der Waals surface area contributed by atoms with Crippen molar-refractivity contribution in [2.45, 2.75) is 46.6 Å². The van der Waals surface area contributed by atoms with Crippen LogP contribution in [-0.4, -0.2) is 18.0 Å². The zero-order valence-corrected chi connectivity index (χ0v) is 14.8. The van der Waals surface area contributed by atoms with Crippen LogP contribution >= 0.6 is 23.2 Å². The van der Waals surface area contributed by atoms with Crippen LogP contribution in [0, 0.1) is 11.3 Å².